The fourth-order valence-corrected chi connectivity index (χ4v) is 5.51. The first kappa shape index (κ1) is 24.1. The van der Waals surface area contributed by atoms with E-state index in [1.807, 2.05) is 12.1 Å². The van der Waals surface area contributed by atoms with Gasteiger partial charge in [0.2, 0.25) is 0 Å². The van der Waals surface area contributed by atoms with E-state index in [4.69, 9.17) is 10.2 Å². The molecule has 2 atom stereocenters. The summed E-state index contributed by atoms with van der Waals surface area (Å²) in [5.41, 5.74) is 12.1. The van der Waals surface area contributed by atoms with Crippen LogP contribution in [-0.4, -0.2) is 44.4 Å². The molecular weight excluding hydrogens is 452 g/mol. The summed E-state index contributed by atoms with van der Waals surface area (Å²) in [4.78, 5) is 26.9. The van der Waals surface area contributed by atoms with Gasteiger partial charge in [-0.2, -0.15) is 0 Å². The highest BCUT2D eigenvalue weighted by Crippen LogP contribution is 2.39. The maximum Gasteiger partial charge on any atom is 0.273 e. The van der Waals surface area contributed by atoms with Crippen molar-refractivity contribution in [3.63, 3.8) is 0 Å². The Morgan fingerprint density at radius 1 is 1.19 bits per heavy atom. The zero-order valence-electron chi connectivity index (χ0n) is 21.3. The number of pyridine rings is 1. The fourth-order valence-electron chi connectivity index (χ4n) is 5.51. The summed E-state index contributed by atoms with van der Waals surface area (Å²) in [6.45, 7) is 9.83. The Labute approximate surface area is 211 Å². The molecule has 1 amide bonds. The van der Waals surface area contributed by atoms with E-state index >= 15 is 0 Å². The lowest BCUT2D eigenvalue weighted by atomic mass is 9.88. The van der Waals surface area contributed by atoms with Gasteiger partial charge in [-0.3, -0.25) is 9.69 Å². The lowest BCUT2D eigenvalue weighted by molar-refractivity contribution is 0.0773. The SMILES string of the molecule is CC(C)c1c(-c2ccnc(N)c2)[nH]c2ccc(C3CC(NC(=O)c4cocn4)CCN3C(C)C)cc12. The number of H-pyrrole nitrogens is 1. The largest absolute Gasteiger partial charge is 0.451 e. The van der Waals surface area contributed by atoms with Crippen LogP contribution in [0.1, 0.15) is 74.1 Å². The quantitative estimate of drug-likeness (QED) is 0.342. The van der Waals surface area contributed by atoms with Crippen molar-refractivity contribution in [1.29, 1.82) is 0 Å². The number of benzene rings is 1. The number of aromatic amines is 1. The van der Waals surface area contributed by atoms with Gasteiger partial charge in [0.25, 0.3) is 5.91 Å². The Hall–Kier alpha value is -3.65. The van der Waals surface area contributed by atoms with E-state index in [9.17, 15) is 4.79 Å². The first-order valence-electron chi connectivity index (χ1n) is 12.6. The normalized spacial score (nSPS) is 18.8. The number of hydrogen-bond acceptors (Lipinski definition) is 6. The number of likely N-dealkylation sites (tertiary alicyclic amines) is 1. The molecule has 0 spiro atoms. The second-order valence-electron chi connectivity index (χ2n) is 10.3. The van der Waals surface area contributed by atoms with E-state index in [-0.39, 0.29) is 18.0 Å². The van der Waals surface area contributed by atoms with Crippen LogP contribution in [0.3, 0.4) is 0 Å². The summed E-state index contributed by atoms with van der Waals surface area (Å²) >= 11 is 0. The number of oxazole rings is 1. The molecule has 0 radical (unpaired) electrons. The third-order valence-corrected chi connectivity index (χ3v) is 7.20. The molecule has 1 saturated heterocycles. The van der Waals surface area contributed by atoms with Gasteiger partial charge in [-0.05, 0) is 68.0 Å². The molecule has 1 aliphatic rings. The molecule has 0 saturated carbocycles. The maximum atomic E-state index is 12.6. The Morgan fingerprint density at radius 3 is 2.72 bits per heavy atom. The number of rotatable bonds is 6. The summed E-state index contributed by atoms with van der Waals surface area (Å²) in [7, 11) is 0. The summed E-state index contributed by atoms with van der Waals surface area (Å²) in [6, 6.07) is 11.3. The molecule has 0 aliphatic carbocycles. The molecule has 36 heavy (non-hydrogen) atoms. The summed E-state index contributed by atoms with van der Waals surface area (Å²) in [6.07, 6.45) is 6.16. The molecule has 1 aliphatic heterocycles. The van der Waals surface area contributed by atoms with Crippen LogP contribution in [0, 0.1) is 0 Å². The molecule has 8 heteroatoms. The topological polar surface area (TPSA) is 113 Å². The number of carbonyl (C=O) groups excluding carboxylic acids is 1. The van der Waals surface area contributed by atoms with Gasteiger partial charge in [-0.25, -0.2) is 9.97 Å². The van der Waals surface area contributed by atoms with Gasteiger partial charge in [0.1, 0.15) is 12.1 Å². The maximum absolute atomic E-state index is 12.6. The number of nitrogens with zero attached hydrogens (tertiary/aromatic N) is 3. The van der Waals surface area contributed by atoms with Crippen molar-refractivity contribution in [2.45, 2.75) is 64.6 Å². The Bertz CT molecular complexity index is 1360. The average molecular weight is 487 g/mol. The Kier molecular flexibility index (Phi) is 6.53. The van der Waals surface area contributed by atoms with Crippen LogP contribution in [0.2, 0.25) is 0 Å². The minimum atomic E-state index is -0.185. The summed E-state index contributed by atoms with van der Waals surface area (Å²) in [5, 5.41) is 4.39. The molecule has 3 aromatic heterocycles. The van der Waals surface area contributed by atoms with Crippen molar-refractivity contribution in [1.82, 2.24) is 25.2 Å². The van der Waals surface area contributed by atoms with E-state index in [0.717, 1.165) is 36.2 Å². The van der Waals surface area contributed by atoms with Crippen LogP contribution in [-0.2, 0) is 0 Å². The zero-order valence-corrected chi connectivity index (χ0v) is 21.3. The third kappa shape index (κ3) is 4.60. The second kappa shape index (κ2) is 9.78. The number of piperidine rings is 1. The minimum absolute atomic E-state index is 0.0658. The zero-order chi connectivity index (χ0) is 25.4. The second-order valence-corrected chi connectivity index (χ2v) is 10.3. The van der Waals surface area contributed by atoms with Crippen LogP contribution in [0.4, 0.5) is 5.82 Å². The summed E-state index contributed by atoms with van der Waals surface area (Å²) < 4.78 is 4.98. The first-order chi connectivity index (χ1) is 17.3. The van der Waals surface area contributed by atoms with Gasteiger partial charge >= 0.3 is 0 Å². The molecule has 0 bridgehead atoms. The monoisotopic (exact) mass is 486 g/mol. The van der Waals surface area contributed by atoms with E-state index < -0.39 is 0 Å². The molecule has 1 aromatic carbocycles. The number of carbonyl (C=O) groups is 1. The van der Waals surface area contributed by atoms with Crippen molar-refractivity contribution in [3.8, 4) is 11.3 Å². The smallest absolute Gasteiger partial charge is 0.273 e. The van der Waals surface area contributed by atoms with Crippen molar-refractivity contribution in [3.05, 3.63) is 66.0 Å². The van der Waals surface area contributed by atoms with Gasteiger partial charge in [0.05, 0.1) is 5.69 Å². The number of aromatic nitrogens is 3. The number of fused-ring (bicyclic) bond motifs is 1. The minimum Gasteiger partial charge on any atom is -0.451 e. The number of nitrogens with one attached hydrogen (secondary N) is 2. The van der Waals surface area contributed by atoms with E-state index in [0.29, 0.717) is 23.5 Å². The number of hydrogen-bond donors (Lipinski definition) is 3. The van der Waals surface area contributed by atoms with Crippen molar-refractivity contribution in [2.24, 2.45) is 0 Å². The lowest BCUT2D eigenvalue weighted by Gasteiger charge is -2.42. The molecule has 1 fully saturated rings. The predicted octanol–water partition coefficient (Wildman–Crippen LogP) is 5.27. The molecule has 4 N–H and O–H groups in total. The third-order valence-electron chi connectivity index (χ3n) is 7.20. The fraction of sp³-hybridized carbons (Fsp3) is 0.393. The standard InChI is InChI=1S/C28H34N6O2/c1-16(2)26-21-11-18(5-6-22(21)33-27(26)19-7-9-30-25(29)12-19)24-13-20(8-10-34(24)17(3)4)32-28(35)23-14-36-15-31-23/h5-7,9,11-12,14-17,20,24,33H,8,10,13H2,1-4H3,(H2,29,30)(H,32,35). The van der Waals surface area contributed by atoms with Crippen molar-refractivity contribution in [2.75, 3.05) is 12.3 Å². The molecule has 4 aromatic rings. The van der Waals surface area contributed by atoms with Crippen LogP contribution in [0.5, 0.6) is 0 Å². The predicted molar refractivity (Wildman–Crippen MR) is 142 cm³/mol. The van der Waals surface area contributed by atoms with Gasteiger partial charge in [0, 0.05) is 47.3 Å². The average Bonchev–Trinajstić information content (AvgIpc) is 3.52. The molecule has 4 heterocycles. The number of amides is 1. The first-order valence-corrected chi connectivity index (χ1v) is 12.6. The van der Waals surface area contributed by atoms with Crippen LogP contribution >= 0.6 is 0 Å². The molecule has 188 valence electrons. The molecule has 5 rings (SSSR count). The number of anilines is 1. The Balaban J connectivity index is 1.50. The highest BCUT2D eigenvalue weighted by molar-refractivity contribution is 5.93. The number of nitrogens with two attached hydrogens (primary N) is 1. The summed E-state index contributed by atoms with van der Waals surface area (Å²) in [5.74, 6) is 0.644. The highest BCUT2D eigenvalue weighted by Gasteiger charge is 2.32. The van der Waals surface area contributed by atoms with Crippen LogP contribution < -0.4 is 11.1 Å². The Morgan fingerprint density at radius 2 is 2.03 bits per heavy atom. The van der Waals surface area contributed by atoms with E-state index in [2.05, 4.69) is 71.1 Å². The van der Waals surface area contributed by atoms with E-state index in [1.54, 1.807) is 6.20 Å². The lowest BCUT2D eigenvalue weighted by Crippen LogP contribution is -2.48. The highest BCUT2D eigenvalue weighted by atomic mass is 16.3. The van der Waals surface area contributed by atoms with Crippen LogP contribution in [0.25, 0.3) is 22.2 Å². The van der Waals surface area contributed by atoms with Crippen molar-refractivity contribution < 1.29 is 9.21 Å². The number of nitrogen functional groups attached to an aromatic ring is 1. The van der Waals surface area contributed by atoms with E-state index in [1.165, 1.54) is 29.2 Å². The van der Waals surface area contributed by atoms with Crippen molar-refractivity contribution >= 4 is 22.6 Å². The molecule has 8 nitrogen and oxygen atoms in total. The van der Waals surface area contributed by atoms with Gasteiger partial charge in [-0.15, -0.1) is 0 Å². The van der Waals surface area contributed by atoms with Crippen LogP contribution in [0.15, 0.2) is 53.6 Å². The molecular formula is C28H34N6O2. The van der Waals surface area contributed by atoms with Gasteiger partial charge in [-0.1, -0.05) is 19.9 Å². The molecule has 2 unspecified atom stereocenters. The van der Waals surface area contributed by atoms with Gasteiger partial charge in [0.15, 0.2) is 12.1 Å². The van der Waals surface area contributed by atoms with Gasteiger partial charge < -0.3 is 20.5 Å².